The third-order valence-corrected chi connectivity index (χ3v) is 8.73. The van der Waals surface area contributed by atoms with E-state index in [0.717, 1.165) is 45.0 Å². The fourth-order valence-electron chi connectivity index (χ4n) is 6.63. The van der Waals surface area contributed by atoms with Crippen LogP contribution in [0.1, 0.15) is 25.0 Å². The number of fused-ring (bicyclic) bond motifs is 4. The van der Waals surface area contributed by atoms with Gasteiger partial charge < -0.3 is 4.57 Å². The summed E-state index contributed by atoms with van der Waals surface area (Å²) in [4.78, 5) is 12.1. The molecule has 5 aromatic carbocycles. The molecular formula is C39H30N4. The molecule has 0 fully saturated rings. The van der Waals surface area contributed by atoms with Gasteiger partial charge in [0.25, 0.3) is 0 Å². The first kappa shape index (κ1) is 25.2. The van der Waals surface area contributed by atoms with E-state index in [1.165, 1.54) is 22.3 Å². The molecule has 0 bridgehead atoms. The molecule has 0 saturated heterocycles. The Hall–Kier alpha value is -5.48. The van der Waals surface area contributed by atoms with E-state index < -0.39 is 0 Å². The highest BCUT2D eigenvalue weighted by Gasteiger charge is 2.35. The van der Waals surface area contributed by atoms with E-state index in [2.05, 4.69) is 145 Å². The number of para-hydroxylation sites is 3. The van der Waals surface area contributed by atoms with Gasteiger partial charge in [0.15, 0.2) is 5.82 Å². The Morgan fingerprint density at radius 1 is 0.581 bits per heavy atom. The molecule has 0 unspecified atom stereocenters. The zero-order valence-electron chi connectivity index (χ0n) is 24.1. The molecule has 4 heteroatoms. The molecule has 0 radical (unpaired) electrons. The molecule has 0 atom stereocenters. The maximum Gasteiger partial charge on any atom is 0.166 e. The van der Waals surface area contributed by atoms with Crippen LogP contribution in [0.25, 0.3) is 39.0 Å². The molecule has 0 aliphatic heterocycles. The first-order valence-electron chi connectivity index (χ1n) is 14.7. The van der Waals surface area contributed by atoms with E-state index in [-0.39, 0.29) is 5.41 Å². The number of rotatable bonds is 5. The van der Waals surface area contributed by atoms with Gasteiger partial charge in [0.1, 0.15) is 17.4 Å². The van der Waals surface area contributed by atoms with Crippen molar-refractivity contribution in [2.45, 2.75) is 19.3 Å². The fourth-order valence-corrected chi connectivity index (χ4v) is 6.63. The molecule has 0 saturated carbocycles. The summed E-state index contributed by atoms with van der Waals surface area (Å²) in [6.45, 7) is 4.65. The largest absolute Gasteiger partial charge is 0.311 e. The average Bonchev–Trinajstić information content (AvgIpc) is 3.56. The third kappa shape index (κ3) is 3.98. The van der Waals surface area contributed by atoms with Gasteiger partial charge in [-0.25, -0.2) is 9.97 Å². The van der Waals surface area contributed by atoms with E-state index >= 15 is 0 Å². The standard InChI is InChI=1S/C39H30N4/c1-39(2)34-21-13-12-20-31(34)32-23-22-27(24-35(32)39)33-25-42(28-14-6-3-7-15-28)37-36(33)40-26-41-38(37)43(29-16-8-4-9-17-29)30-18-10-5-11-19-30/h3-26H,1-2H3. The summed E-state index contributed by atoms with van der Waals surface area (Å²) in [6.07, 6.45) is 3.92. The van der Waals surface area contributed by atoms with Gasteiger partial charge in [-0.1, -0.05) is 105 Å². The van der Waals surface area contributed by atoms with Gasteiger partial charge in [-0.15, -0.1) is 0 Å². The van der Waals surface area contributed by atoms with Crippen molar-refractivity contribution in [3.63, 3.8) is 0 Å². The molecule has 206 valence electrons. The van der Waals surface area contributed by atoms with Crippen LogP contribution in [0.15, 0.2) is 146 Å². The van der Waals surface area contributed by atoms with Gasteiger partial charge in [-0.05, 0) is 70.3 Å². The predicted molar refractivity (Wildman–Crippen MR) is 177 cm³/mol. The Morgan fingerprint density at radius 3 is 1.88 bits per heavy atom. The van der Waals surface area contributed by atoms with Crippen LogP contribution in [0.5, 0.6) is 0 Å². The zero-order chi connectivity index (χ0) is 29.0. The van der Waals surface area contributed by atoms with E-state index in [1.807, 2.05) is 18.2 Å². The lowest BCUT2D eigenvalue weighted by Crippen LogP contribution is -2.14. The number of benzene rings is 5. The molecule has 8 rings (SSSR count). The van der Waals surface area contributed by atoms with Crippen molar-refractivity contribution in [3.8, 4) is 27.9 Å². The zero-order valence-corrected chi connectivity index (χ0v) is 24.1. The van der Waals surface area contributed by atoms with Gasteiger partial charge in [-0.3, -0.25) is 4.90 Å². The summed E-state index contributed by atoms with van der Waals surface area (Å²) in [5.41, 5.74) is 12.5. The van der Waals surface area contributed by atoms with Crippen molar-refractivity contribution in [1.82, 2.24) is 14.5 Å². The first-order valence-corrected chi connectivity index (χ1v) is 14.7. The molecule has 43 heavy (non-hydrogen) atoms. The normalized spacial score (nSPS) is 13.1. The van der Waals surface area contributed by atoms with Crippen molar-refractivity contribution in [3.05, 3.63) is 157 Å². The van der Waals surface area contributed by atoms with E-state index in [0.29, 0.717) is 0 Å². The van der Waals surface area contributed by atoms with E-state index in [9.17, 15) is 0 Å². The Kier molecular flexibility index (Phi) is 5.76. The SMILES string of the molecule is CC1(C)c2ccccc2-c2ccc(-c3cn(-c4ccccc4)c4c(N(c5ccccc5)c5ccccc5)ncnc34)cc21. The fraction of sp³-hybridized carbons (Fsp3) is 0.0769. The highest BCUT2D eigenvalue weighted by Crippen LogP contribution is 2.50. The second kappa shape index (κ2) is 9.81. The third-order valence-electron chi connectivity index (χ3n) is 8.73. The van der Waals surface area contributed by atoms with Gasteiger partial charge in [0.05, 0.1) is 0 Å². The van der Waals surface area contributed by atoms with Crippen LogP contribution in [-0.4, -0.2) is 14.5 Å². The minimum absolute atomic E-state index is 0.0860. The minimum atomic E-state index is -0.0860. The van der Waals surface area contributed by atoms with E-state index in [1.54, 1.807) is 6.33 Å². The lowest BCUT2D eigenvalue weighted by Gasteiger charge is -2.25. The van der Waals surface area contributed by atoms with Crippen molar-refractivity contribution in [1.29, 1.82) is 0 Å². The van der Waals surface area contributed by atoms with Gasteiger partial charge in [-0.2, -0.15) is 0 Å². The monoisotopic (exact) mass is 554 g/mol. The number of hydrogen-bond acceptors (Lipinski definition) is 3. The molecule has 1 aliphatic carbocycles. The molecular weight excluding hydrogens is 524 g/mol. The van der Waals surface area contributed by atoms with Crippen molar-refractivity contribution in [2.24, 2.45) is 0 Å². The average molecular weight is 555 g/mol. The van der Waals surface area contributed by atoms with Crippen molar-refractivity contribution >= 4 is 28.2 Å². The Bertz CT molecular complexity index is 2060. The van der Waals surface area contributed by atoms with Crippen LogP contribution in [0.2, 0.25) is 0 Å². The summed E-state index contributed by atoms with van der Waals surface area (Å²) < 4.78 is 2.24. The second-order valence-corrected chi connectivity index (χ2v) is 11.6. The molecule has 2 heterocycles. The van der Waals surface area contributed by atoms with Crippen molar-refractivity contribution in [2.75, 3.05) is 4.90 Å². The number of anilines is 3. The molecule has 1 aliphatic rings. The Labute approximate surface area is 251 Å². The molecule has 0 spiro atoms. The van der Waals surface area contributed by atoms with Crippen LogP contribution >= 0.6 is 0 Å². The summed E-state index contributed by atoms with van der Waals surface area (Å²) in [6, 6.07) is 47.0. The summed E-state index contributed by atoms with van der Waals surface area (Å²) in [7, 11) is 0. The lowest BCUT2D eigenvalue weighted by atomic mass is 9.81. The molecule has 0 N–H and O–H groups in total. The highest BCUT2D eigenvalue weighted by molar-refractivity contribution is 6.02. The number of aromatic nitrogens is 3. The van der Waals surface area contributed by atoms with Crippen LogP contribution in [0, 0.1) is 0 Å². The maximum absolute atomic E-state index is 4.96. The first-order chi connectivity index (χ1) is 21.1. The van der Waals surface area contributed by atoms with E-state index in [4.69, 9.17) is 9.97 Å². The predicted octanol–water partition coefficient (Wildman–Crippen LogP) is 9.86. The number of nitrogens with zero attached hydrogens (tertiary/aromatic N) is 4. The topological polar surface area (TPSA) is 34.0 Å². The quantitative estimate of drug-likeness (QED) is 0.212. The van der Waals surface area contributed by atoms with Gasteiger partial charge in [0, 0.05) is 34.2 Å². The molecule has 0 amide bonds. The summed E-state index contributed by atoms with van der Waals surface area (Å²) >= 11 is 0. The molecule has 2 aromatic heterocycles. The van der Waals surface area contributed by atoms with Crippen molar-refractivity contribution < 1.29 is 0 Å². The van der Waals surface area contributed by atoms with Crippen LogP contribution in [0.3, 0.4) is 0 Å². The van der Waals surface area contributed by atoms with Crippen LogP contribution in [0.4, 0.5) is 17.2 Å². The molecule has 7 aromatic rings. The molecule has 4 nitrogen and oxygen atoms in total. The highest BCUT2D eigenvalue weighted by atomic mass is 15.2. The Balaban J connectivity index is 1.40. The lowest BCUT2D eigenvalue weighted by molar-refractivity contribution is 0.660. The van der Waals surface area contributed by atoms with Gasteiger partial charge in [0.2, 0.25) is 0 Å². The van der Waals surface area contributed by atoms with Crippen LogP contribution in [-0.2, 0) is 5.41 Å². The minimum Gasteiger partial charge on any atom is -0.311 e. The maximum atomic E-state index is 4.96. The smallest absolute Gasteiger partial charge is 0.166 e. The van der Waals surface area contributed by atoms with Gasteiger partial charge >= 0.3 is 0 Å². The summed E-state index contributed by atoms with van der Waals surface area (Å²) in [5, 5.41) is 0. The number of hydrogen-bond donors (Lipinski definition) is 0. The Morgan fingerprint density at radius 2 is 1.19 bits per heavy atom. The summed E-state index contributed by atoms with van der Waals surface area (Å²) in [5.74, 6) is 0.825. The van der Waals surface area contributed by atoms with Crippen LogP contribution < -0.4 is 4.90 Å². The second-order valence-electron chi connectivity index (χ2n) is 11.6.